The van der Waals surface area contributed by atoms with Gasteiger partial charge < -0.3 is 20.5 Å². The maximum absolute atomic E-state index is 11.7. The highest BCUT2D eigenvalue weighted by Gasteiger charge is 2.23. The quantitative estimate of drug-likeness (QED) is 0.741. The summed E-state index contributed by atoms with van der Waals surface area (Å²) in [7, 11) is 0. The molecule has 3 N–H and O–H groups in total. The van der Waals surface area contributed by atoms with Crippen molar-refractivity contribution in [3.05, 3.63) is 30.1 Å². The van der Waals surface area contributed by atoms with Crippen molar-refractivity contribution in [2.45, 2.75) is 32.4 Å². The van der Waals surface area contributed by atoms with Crippen molar-refractivity contribution in [3.63, 3.8) is 0 Å². The number of rotatable bonds is 6. The lowest BCUT2D eigenvalue weighted by Gasteiger charge is -2.10. The summed E-state index contributed by atoms with van der Waals surface area (Å²) < 4.78 is 2.06. The molecule has 3 rings (SSSR count). The van der Waals surface area contributed by atoms with Gasteiger partial charge in [0.1, 0.15) is 5.82 Å². The number of aromatic nitrogens is 2. The average Bonchev–Trinajstić information content (AvgIpc) is 3.28. The minimum absolute atomic E-state index is 0.00929. The second-order valence-electron chi connectivity index (χ2n) is 5.75. The van der Waals surface area contributed by atoms with Gasteiger partial charge in [-0.1, -0.05) is 12.1 Å². The predicted octanol–water partition coefficient (Wildman–Crippen LogP) is 0.923. The van der Waals surface area contributed by atoms with E-state index >= 15 is 0 Å². The van der Waals surface area contributed by atoms with Crippen LogP contribution in [0.4, 0.5) is 4.79 Å². The van der Waals surface area contributed by atoms with E-state index < -0.39 is 0 Å². The topological polar surface area (TPSA) is 88.1 Å². The molecule has 2 aromatic rings. The number of hydrogen-bond donors (Lipinski definition) is 3. The summed E-state index contributed by atoms with van der Waals surface area (Å²) in [6.45, 7) is 3.06. The summed E-state index contributed by atoms with van der Waals surface area (Å²) in [5.41, 5.74) is 2.00. The number of carbonyl (C=O) groups is 2. The summed E-state index contributed by atoms with van der Waals surface area (Å²) >= 11 is 0. The Hall–Kier alpha value is -2.57. The van der Waals surface area contributed by atoms with Gasteiger partial charge in [-0.15, -0.1) is 0 Å². The zero-order chi connectivity index (χ0) is 16.2. The molecule has 3 amide bonds. The van der Waals surface area contributed by atoms with Crippen LogP contribution in [0.3, 0.4) is 0 Å². The Morgan fingerprint density at radius 2 is 2.04 bits per heavy atom. The fourth-order valence-corrected chi connectivity index (χ4v) is 2.49. The number of para-hydroxylation sites is 2. The predicted molar refractivity (Wildman–Crippen MR) is 87.0 cm³/mol. The van der Waals surface area contributed by atoms with Crippen LogP contribution in [0.1, 0.15) is 18.7 Å². The van der Waals surface area contributed by atoms with E-state index in [1.54, 1.807) is 0 Å². The molecule has 1 saturated carbocycles. The first-order valence-corrected chi connectivity index (χ1v) is 7.86. The summed E-state index contributed by atoms with van der Waals surface area (Å²) in [6, 6.07) is 7.88. The van der Waals surface area contributed by atoms with Crippen molar-refractivity contribution in [1.29, 1.82) is 0 Å². The van der Waals surface area contributed by atoms with Crippen LogP contribution in [0.15, 0.2) is 24.3 Å². The molecular formula is C16H21N5O2. The molecule has 0 spiro atoms. The third-order valence-electron chi connectivity index (χ3n) is 3.82. The Labute approximate surface area is 134 Å². The molecule has 0 atom stereocenters. The zero-order valence-electron chi connectivity index (χ0n) is 13.1. The van der Waals surface area contributed by atoms with Crippen LogP contribution >= 0.6 is 0 Å². The van der Waals surface area contributed by atoms with E-state index in [4.69, 9.17) is 0 Å². The number of fused-ring (bicyclic) bond motifs is 1. The Balaban J connectivity index is 1.43. The maximum atomic E-state index is 11.7. The largest absolute Gasteiger partial charge is 0.352 e. The van der Waals surface area contributed by atoms with E-state index in [0.29, 0.717) is 19.1 Å². The van der Waals surface area contributed by atoms with Crippen molar-refractivity contribution < 1.29 is 9.59 Å². The molecule has 1 aromatic heterocycles. The first-order valence-electron chi connectivity index (χ1n) is 7.86. The number of amides is 3. The van der Waals surface area contributed by atoms with Crippen molar-refractivity contribution in [1.82, 2.24) is 25.5 Å². The third-order valence-corrected chi connectivity index (χ3v) is 3.82. The fraction of sp³-hybridized carbons (Fsp3) is 0.438. The van der Waals surface area contributed by atoms with Gasteiger partial charge in [-0.3, -0.25) is 4.79 Å². The first kappa shape index (κ1) is 15.3. The fourth-order valence-electron chi connectivity index (χ4n) is 2.49. The van der Waals surface area contributed by atoms with E-state index in [0.717, 1.165) is 29.7 Å². The van der Waals surface area contributed by atoms with Gasteiger partial charge in [0.2, 0.25) is 5.91 Å². The molecule has 0 radical (unpaired) electrons. The Bertz CT molecular complexity index is 720. The molecular weight excluding hydrogens is 294 g/mol. The van der Waals surface area contributed by atoms with E-state index in [-0.39, 0.29) is 18.5 Å². The molecule has 0 saturated heterocycles. The van der Waals surface area contributed by atoms with Crippen LogP contribution in [0, 0.1) is 6.92 Å². The summed E-state index contributed by atoms with van der Waals surface area (Å²) in [5.74, 6) is 0.774. The van der Waals surface area contributed by atoms with Gasteiger partial charge in [0.05, 0.1) is 17.6 Å². The molecule has 1 aromatic carbocycles. The summed E-state index contributed by atoms with van der Waals surface area (Å²) in [6.07, 6.45) is 2.08. The zero-order valence-corrected chi connectivity index (χ0v) is 13.1. The SMILES string of the molecule is Cc1nc2ccccc2n1CCNC(=O)NCC(=O)NC1CC1. The molecule has 1 aliphatic rings. The van der Waals surface area contributed by atoms with Gasteiger partial charge in [0.25, 0.3) is 0 Å². The highest BCUT2D eigenvalue weighted by molar-refractivity contribution is 5.84. The van der Waals surface area contributed by atoms with Gasteiger partial charge in [-0.05, 0) is 31.9 Å². The minimum Gasteiger partial charge on any atom is -0.352 e. The monoisotopic (exact) mass is 315 g/mol. The Morgan fingerprint density at radius 3 is 2.83 bits per heavy atom. The third kappa shape index (κ3) is 4.00. The smallest absolute Gasteiger partial charge is 0.315 e. The van der Waals surface area contributed by atoms with Crippen LogP contribution in [-0.2, 0) is 11.3 Å². The molecule has 7 heteroatoms. The first-order chi connectivity index (χ1) is 11.1. The highest BCUT2D eigenvalue weighted by atomic mass is 16.2. The summed E-state index contributed by atoms with van der Waals surface area (Å²) in [4.78, 5) is 27.7. The van der Waals surface area contributed by atoms with Gasteiger partial charge in [0.15, 0.2) is 0 Å². The number of hydrogen-bond acceptors (Lipinski definition) is 3. The molecule has 0 bridgehead atoms. The van der Waals surface area contributed by atoms with Crippen molar-refractivity contribution in [2.75, 3.05) is 13.1 Å². The number of carbonyl (C=O) groups excluding carboxylic acids is 2. The number of urea groups is 1. The van der Waals surface area contributed by atoms with Crippen LogP contribution in [0.25, 0.3) is 11.0 Å². The lowest BCUT2D eigenvalue weighted by atomic mass is 10.3. The van der Waals surface area contributed by atoms with Gasteiger partial charge in [0, 0.05) is 19.1 Å². The number of benzene rings is 1. The molecule has 0 unspecified atom stereocenters. The molecule has 1 heterocycles. The Kier molecular flexibility index (Phi) is 4.45. The molecule has 7 nitrogen and oxygen atoms in total. The van der Waals surface area contributed by atoms with Crippen molar-refractivity contribution >= 4 is 23.0 Å². The molecule has 1 fully saturated rings. The highest BCUT2D eigenvalue weighted by Crippen LogP contribution is 2.18. The Morgan fingerprint density at radius 1 is 1.26 bits per heavy atom. The van der Waals surface area contributed by atoms with E-state index in [1.165, 1.54) is 0 Å². The van der Waals surface area contributed by atoms with Crippen LogP contribution in [-0.4, -0.2) is 40.6 Å². The average molecular weight is 315 g/mol. The second kappa shape index (κ2) is 6.68. The summed E-state index contributed by atoms with van der Waals surface area (Å²) in [5, 5.41) is 8.14. The van der Waals surface area contributed by atoms with E-state index in [9.17, 15) is 9.59 Å². The van der Waals surface area contributed by atoms with Crippen molar-refractivity contribution in [3.8, 4) is 0 Å². The number of nitrogens with one attached hydrogen (secondary N) is 3. The molecule has 23 heavy (non-hydrogen) atoms. The standard InChI is InChI=1S/C16H21N5O2/c1-11-19-13-4-2-3-5-14(13)21(11)9-8-17-16(23)18-10-15(22)20-12-6-7-12/h2-5,12H,6-10H2,1H3,(H,20,22)(H2,17,18,23). The minimum atomic E-state index is -0.335. The maximum Gasteiger partial charge on any atom is 0.315 e. The van der Waals surface area contributed by atoms with Crippen LogP contribution < -0.4 is 16.0 Å². The van der Waals surface area contributed by atoms with E-state index in [2.05, 4.69) is 25.5 Å². The van der Waals surface area contributed by atoms with Crippen molar-refractivity contribution in [2.24, 2.45) is 0 Å². The number of imidazole rings is 1. The van der Waals surface area contributed by atoms with E-state index in [1.807, 2.05) is 31.2 Å². The molecule has 1 aliphatic carbocycles. The number of aryl methyl sites for hydroxylation is 1. The second-order valence-corrected chi connectivity index (χ2v) is 5.75. The molecule has 0 aliphatic heterocycles. The lowest BCUT2D eigenvalue weighted by molar-refractivity contribution is -0.120. The normalized spacial score (nSPS) is 13.8. The van der Waals surface area contributed by atoms with Crippen LogP contribution in [0.5, 0.6) is 0 Å². The lowest BCUT2D eigenvalue weighted by Crippen LogP contribution is -2.43. The van der Waals surface area contributed by atoms with Gasteiger partial charge >= 0.3 is 6.03 Å². The molecule has 122 valence electrons. The van der Waals surface area contributed by atoms with Crippen LogP contribution in [0.2, 0.25) is 0 Å². The van der Waals surface area contributed by atoms with Gasteiger partial charge in [-0.25, -0.2) is 9.78 Å². The number of nitrogens with zero attached hydrogens (tertiary/aromatic N) is 2. The van der Waals surface area contributed by atoms with Gasteiger partial charge in [-0.2, -0.15) is 0 Å².